The fraction of sp³-hybridized carbons (Fsp3) is 0.0286. The van der Waals surface area contributed by atoms with E-state index in [1.54, 1.807) is 0 Å². The zero-order chi connectivity index (χ0) is 24.1. The highest BCUT2D eigenvalue weighted by molar-refractivity contribution is 14.1. The number of rotatable bonds is 3. The van der Waals surface area contributed by atoms with Gasteiger partial charge in [0.05, 0.1) is 5.41 Å². The van der Waals surface area contributed by atoms with Crippen LogP contribution in [0, 0.1) is 3.57 Å². The predicted molar refractivity (Wildman–Crippen MR) is 159 cm³/mol. The highest BCUT2D eigenvalue weighted by Gasteiger charge is 2.45. The van der Waals surface area contributed by atoms with E-state index in [0.717, 1.165) is 0 Å². The van der Waals surface area contributed by atoms with Crippen molar-refractivity contribution in [3.8, 4) is 22.3 Å². The van der Waals surface area contributed by atoms with Gasteiger partial charge >= 0.3 is 0 Å². The molecule has 1 heteroatoms. The number of halogens is 1. The Morgan fingerprint density at radius 1 is 0.417 bits per heavy atom. The summed E-state index contributed by atoms with van der Waals surface area (Å²) in [4.78, 5) is 0. The molecule has 0 bridgehead atoms. The summed E-state index contributed by atoms with van der Waals surface area (Å²) in [6.45, 7) is 0. The van der Waals surface area contributed by atoms with Crippen molar-refractivity contribution in [1.29, 1.82) is 0 Å². The largest absolute Gasteiger partial charge is 0.0713 e. The Balaban J connectivity index is 1.54. The lowest BCUT2D eigenvalue weighted by molar-refractivity contribution is 0.769. The van der Waals surface area contributed by atoms with Gasteiger partial charge in [-0.15, -0.1) is 0 Å². The van der Waals surface area contributed by atoms with E-state index in [0.29, 0.717) is 0 Å². The molecule has 0 saturated heterocycles. The molecule has 6 aromatic carbocycles. The van der Waals surface area contributed by atoms with E-state index in [1.165, 1.54) is 58.9 Å². The average Bonchev–Trinajstić information content (AvgIpc) is 3.24. The third-order valence-electron chi connectivity index (χ3n) is 7.59. The van der Waals surface area contributed by atoms with Gasteiger partial charge in [-0.25, -0.2) is 0 Å². The van der Waals surface area contributed by atoms with E-state index >= 15 is 0 Å². The quantitative estimate of drug-likeness (QED) is 0.186. The van der Waals surface area contributed by atoms with E-state index in [4.69, 9.17) is 0 Å². The summed E-state index contributed by atoms with van der Waals surface area (Å²) in [5, 5.41) is 2.55. The van der Waals surface area contributed by atoms with E-state index in [-0.39, 0.29) is 5.41 Å². The molecule has 0 N–H and O–H groups in total. The highest BCUT2D eigenvalue weighted by atomic mass is 127. The van der Waals surface area contributed by atoms with Crippen molar-refractivity contribution in [3.05, 3.63) is 165 Å². The molecular formula is C35H23I. The molecule has 0 unspecified atom stereocenters. The first-order chi connectivity index (χ1) is 17.7. The smallest absolute Gasteiger partial charge is 0.0622 e. The lowest BCUT2D eigenvalue weighted by Gasteiger charge is -2.34. The maximum absolute atomic E-state index is 2.43. The van der Waals surface area contributed by atoms with Crippen molar-refractivity contribution in [3.63, 3.8) is 0 Å². The Labute approximate surface area is 225 Å². The Morgan fingerprint density at radius 2 is 1.00 bits per heavy atom. The molecular weight excluding hydrogens is 547 g/mol. The average molecular weight is 570 g/mol. The van der Waals surface area contributed by atoms with Gasteiger partial charge in [-0.05, 0) is 102 Å². The van der Waals surface area contributed by atoms with E-state index in [1.807, 2.05) is 0 Å². The fourth-order valence-corrected chi connectivity index (χ4v) is 6.54. The SMILES string of the molecule is Ic1ccc2ccc(-c3ccc4c(c3)C(c3ccccc3)(c3ccccc3)c3ccccc3-4)cc2c1. The highest BCUT2D eigenvalue weighted by Crippen LogP contribution is 2.56. The maximum atomic E-state index is 2.43. The van der Waals surface area contributed by atoms with Crippen molar-refractivity contribution < 1.29 is 0 Å². The van der Waals surface area contributed by atoms with Gasteiger partial charge in [-0.3, -0.25) is 0 Å². The molecule has 1 aliphatic rings. The molecule has 0 saturated carbocycles. The first-order valence-electron chi connectivity index (χ1n) is 12.3. The summed E-state index contributed by atoms with van der Waals surface area (Å²) >= 11 is 2.40. The summed E-state index contributed by atoms with van der Waals surface area (Å²) < 4.78 is 1.26. The molecule has 0 fully saturated rings. The number of benzene rings is 6. The second-order valence-electron chi connectivity index (χ2n) is 9.49. The minimum Gasteiger partial charge on any atom is -0.0622 e. The van der Waals surface area contributed by atoms with Crippen LogP contribution >= 0.6 is 22.6 Å². The molecule has 7 rings (SSSR count). The van der Waals surface area contributed by atoms with Gasteiger partial charge in [0.25, 0.3) is 0 Å². The number of hydrogen-bond acceptors (Lipinski definition) is 0. The standard InChI is InChI=1S/C35H23I/c36-30-19-17-24-15-16-25(21-27(24)22-30)26-18-20-32-31-13-7-8-14-33(31)35(34(32)23-26,28-9-3-1-4-10-28)29-11-5-2-6-12-29/h1-23H. The minimum atomic E-state index is -0.364. The summed E-state index contributed by atoms with van der Waals surface area (Å²) in [5.41, 5.74) is 10.1. The number of hydrogen-bond donors (Lipinski definition) is 0. The lowest BCUT2D eigenvalue weighted by atomic mass is 9.67. The zero-order valence-corrected chi connectivity index (χ0v) is 21.8. The van der Waals surface area contributed by atoms with Crippen molar-refractivity contribution in [2.75, 3.05) is 0 Å². The molecule has 0 aliphatic heterocycles. The second kappa shape index (κ2) is 8.46. The molecule has 0 amide bonds. The molecule has 1 aliphatic carbocycles. The van der Waals surface area contributed by atoms with Gasteiger partial charge in [0, 0.05) is 3.57 Å². The van der Waals surface area contributed by atoms with Gasteiger partial charge in [-0.1, -0.05) is 115 Å². The Bertz CT molecular complexity index is 1690. The molecule has 0 heterocycles. The summed E-state index contributed by atoms with van der Waals surface area (Å²) in [6.07, 6.45) is 0. The van der Waals surface area contributed by atoms with Crippen molar-refractivity contribution >= 4 is 33.4 Å². The third kappa shape index (κ3) is 3.19. The van der Waals surface area contributed by atoms with Gasteiger partial charge in [-0.2, -0.15) is 0 Å². The van der Waals surface area contributed by atoms with E-state index in [2.05, 4.69) is 162 Å². The third-order valence-corrected chi connectivity index (χ3v) is 8.27. The summed E-state index contributed by atoms with van der Waals surface area (Å²) in [6, 6.07) is 51.4. The monoisotopic (exact) mass is 570 g/mol. The van der Waals surface area contributed by atoms with Crippen LogP contribution in [-0.4, -0.2) is 0 Å². The van der Waals surface area contributed by atoms with Gasteiger partial charge in [0.2, 0.25) is 0 Å². The van der Waals surface area contributed by atoms with E-state index in [9.17, 15) is 0 Å². The molecule has 0 spiro atoms. The molecule has 0 atom stereocenters. The van der Waals surface area contributed by atoms with Crippen molar-refractivity contribution in [2.24, 2.45) is 0 Å². The minimum absolute atomic E-state index is 0.364. The second-order valence-corrected chi connectivity index (χ2v) is 10.7. The van der Waals surface area contributed by atoms with Crippen LogP contribution in [0.15, 0.2) is 140 Å². The Hall–Kier alpha value is -3.69. The van der Waals surface area contributed by atoms with Gasteiger partial charge in [0.1, 0.15) is 0 Å². The van der Waals surface area contributed by atoms with Crippen molar-refractivity contribution in [2.45, 2.75) is 5.41 Å². The van der Waals surface area contributed by atoms with Gasteiger partial charge in [0.15, 0.2) is 0 Å². The Kier molecular flexibility index (Phi) is 5.07. The maximum Gasteiger partial charge on any atom is 0.0713 e. The summed E-state index contributed by atoms with van der Waals surface area (Å²) in [5.74, 6) is 0. The molecule has 6 aromatic rings. The summed E-state index contributed by atoms with van der Waals surface area (Å²) in [7, 11) is 0. The van der Waals surface area contributed by atoms with Crippen LogP contribution in [0.2, 0.25) is 0 Å². The van der Waals surface area contributed by atoms with Crippen molar-refractivity contribution in [1.82, 2.24) is 0 Å². The van der Waals surface area contributed by atoms with Crippen LogP contribution in [-0.2, 0) is 5.41 Å². The van der Waals surface area contributed by atoms with Crippen LogP contribution in [0.3, 0.4) is 0 Å². The molecule has 170 valence electrons. The molecule has 0 nitrogen and oxygen atoms in total. The molecule has 0 aromatic heterocycles. The fourth-order valence-electron chi connectivity index (χ4n) is 6.02. The van der Waals surface area contributed by atoms with E-state index < -0.39 is 0 Å². The van der Waals surface area contributed by atoms with Crippen LogP contribution in [0.1, 0.15) is 22.3 Å². The van der Waals surface area contributed by atoms with Crippen LogP contribution in [0.4, 0.5) is 0 Å². The lowest BCUT2D eigenvalue weighted by Crippen LogP contribution is -2.28. The van der Waals surface area contributed by atoms with Crippen LogP contribution in [0.25, 0.3) is 33.0 Å². The first kappa shape index (κ1) is 21.6. The van der Waals surface area contributed by atoms with Gasteiger partial charge < -0.3 is 0 Å². The molecule has 0 radical (unpaired) electrons. The zero-order valence-electron chi connectivity index (χ0n) is 19.7. The normalized spacial score (nSPS) is 13.4. The van der Waals surface area contributed by atoms with Crippen LogP contribution < -0.4 is 0 Å². The number of fused-ring (bicyclic) bond motifs is 4. The van der Waals surface area contributed by atoms with Crippen LogP contribution in [0.5, 0.6) is 0 Å². The molecule has 36 heavy (non-hydrogen) atoms. The predicted octanol–water partition coefficient (Wildman–Crippen LogP) is 9.47. The topological polar surface area (TPSA) is 0 Å². The Morgan fingerprint density at radius 3 is 1.75 bits per heavy atom. The first-order valence-corrected chi connectivity index (χ1v) is 13.4.